The van der Waals surface area contributed by atoms with Crippen LogP contribution >= 0.6 is 0 Å². The highest BCUT2D eigenvalue weighted by Crippen LogP contribution is 2.35. The number of nitrogens with zero attached hydrogens (tertiary/aromatic N) is 1. The van der Waals surface area contributed by atoms with Crippen molar-refractivity contribution in [2.24, 2.45) is 0 Å². The van der Waals surface area contributed by atoms with E-state index in [9.17, 15) is 14.4 Å². The zero-order valence-electron chi connectivity index (χ0n) is 17.4. The number of fused-ring (bicyclic) bond motifs is 2. The summed E-state index contributed by atoms with van der Waals surface area (Å²) >= 11 is 0. The van der Waals surface area contributed by atoms with Crippen LogP contribution in [0.2, 0.25) is 0 Å². The lowest BCUT2D eigenvalue weighted by atomic mass is 9.85. The molecule has 6 heteroatoms. The third kappa shape index (κ3) is 3.14. The maximum atomic E-state index is 13.6. The molecule has 1 fully saturated rings. The first-order valence-corrected chi connectivity index (χ1v) is 10.8. The standard InChI is InChI=1S/C25H24N2O4/c1-2-11-25(19-9-4-3-5-10-19)23(29)27(24(30)26-25)15-18-14-22(28)31-21-13-17-8-6-7-16(17)12-20(18)21/h3-5,9-10,12-14H,2,6-8,11,15H2,1H3,(H,26,30)/t25-/m0/s1. The number of imide groups is 1. The molecule has 3 aromatic rings. The highest BCUT2D eigenvalue weighted by molar-refractivity contribution is 6.07. The molecule has 6 nitrogen and oxygen atoms in total. The molecule has 0 radical (unpaired) electrons. The maximum Gasteiger partial charge on any atom is 0.336 e. The molecule has 2 heterocycles. The number of nitrogens with one attached hydrogen (secondary N) is 1. The van der Waals surface area contributed by atoms with Crippen molar-refractivity contribution in [3.63, 3.8) is 0 Å². The second-order valence-electron chi connectivity index (χ2n) is 8.40. The number of amides is 3. The average molecular weight is 416 g/mol. The first-order valence-electron chi connectivity index (χ1n) is 10.8. The van der Waals surface area contributed by atoms with E-state index in [0.717, 1.165) is 36.6 Å². The number of aryl methyl sites for hydroxylation is 2. The molecule has 0 unspecified atom stereocenters. The molecule has 0 spiro atoms. The van der Waals surface area contributed by atoms with E-state index in [0.29, 0.717) is 17.6 Å². The van der Waals surface area contributed by atoms with E-state index in [1.165, 1.54) is 22.1 Å². The van der Waals surface area contributed by atoms with Crippen molar-refractivity contribution in [2.45, 2.75) is 51.1 Å². The van der Waals surface area contributed by atoms with Gasteiger partial charge in [0.1, 0.15) is 11.1 Å². The zero-order valence-corrected chi connectivity index (χ0v) is 17.4. The Morgan fingerprint density at radius 1 is 1.03 bits per heavy atom. The smallest absolute Gasteiger partial charge is 0.336 e. The van der Waals surface area contributed by atoms with Crippen molar-refractivity contribution in [1.29, 1.82) is 0 Å². The molecule has 5 rings (SSSR count). The summed E-state index contributed by atoms with van der Waals surface area (Å²) in [6, 6.07) is 14.3. The fraction of sp³-hybridized carbons (Fsp3) is 0.320. The Bertz CT molecular complexity index is 1250. The molecule has 2 aromatic carbocycles. The quantitative estimate of drug-likeness (QED) is 0.503. The minimum atomic E-state index is -1.08. The van der Waals surface area contributed by atoms with Crippen molar-refractivity contribution in [3.8, 4) is 0 Å². The Labute approximate surface area is 179 Å². The summed E-state index contributed by atoms with van der Waals surface area (Å²) < 4.78 is 5.44. The monoisotopic (exact) mass is 416 g/mol. The van der Waals surface area contributed by atoms with Crippen LogP contribution in [-0.4, -0.2) is 16.8 Å². The highest BCUT2D eigenvalue weighted by atomic mass is 16.4. The van der Waals surface area contributed by atoms with Gasteiger partial charge >= 0.3 is 11.7 Å². The minimum Gasteiger partial charge on any atom is -0.423 e. The Balaban J connectivity index is 1.56. The van der Waals surface area contributed by atoms with Crippen LogP contribution < -0.4 is 10.9 Å². The normalized spacial score (nSPS) is 20.4. The predicted molar refractivity (Wildman–Crippen MR) is 117 cm³/mol. The third-order valence-corrected chi connectivity index (χ3v) is 6.44. The van der Waals surface area contributed by atoms with Crippen molar-refractivity contribution >= 4 is 22.9 Å². The Kier molecular flexibility index (Phi) is 4.65. The fourth-order valence-electron chi connectivity index (χ4n) is 4.97. The van der Waals surface area contributed by atoms with E-state index in [1.54, 1.807) is 0 Å². The summed E-state index contributed by atoms with van der Waals surface area (Å²) in [6.45, 7) is 2.02. The largest absolute Gasteiger partial charge is 0.423 e. The van der Waals surface area contributed by atoms with E-state index in [4.69, 9.17) is 4.42 Å². The topological polar surface area (TPSA) is 79.6 Å². The molecule has 2 aliphatic rings. The van der Waals surface area contributed by atoms with Crippen LogP contribution in [0.1, 0.15) is 48.4 Å². The second kappa shape index (κ2) is 7.38. The van der Waals surface area contributed by atoms with Gasteiger partial charge < -0.3 is 9.73 Å². The number of carbonyl (C=O) groups is 2. The van der Waals surface area contributed by atoms with E-state index >= 15 is 0 Å². The van der Waals surface area contributed by atoms with Gasteiger partial charge in [0.15, 0.2) is 0 Å². The molecule has 0 saturated carbocycles. The lowest BCUT2D eigenvalue weighted by Crippen LogP contribution is -2.43. The molecule has 158 valence electrons. The van der Waals surface area contributed by atoms with Gasteiger partial charge in [-0.25, -0.2) is 9.59 Å². The van der Waals surface area contributed by atoms with Gasteiger partial charge in [0.2, 0.25) is 0 Å². The van der Waals surface area contributed by atoms with E-state index < -0.39 is 17.2 Å². The maximum absolute atomic E-state index is 13.6. The fourth-order valence-corrected chi connectivity index (χ4v) is 4.97. The molecule has 1 saturated heterocycles. The van der Waals surface area contributed by atoms with Gasteiger partial charge in [-0.3, -0.25) is 9.69 Å². The van der Waals surface area contributed by atoms with Gasteiger partial charge in [-0.2, -0.15) is 0 Å². The number of carbonyl (C=O) groups excluding carboxylic acids is 2. The number of rotatable bonds is 5. The van der Waals surface area contributed by atoms with Crippen molar-refractivity contribution in [1.82, 2.24) is 10.2 Å². The second-order valence-corrected chi connectivity index (χ2v) is 8.40. The van der Waals surface area contributed by atoms with Gasteiger partial charge in [-0.15, -0.1) is 0 Å². The van der Waals surface area contributed by atoms with Gasteiger partial charge in [-0.05, 0) is 60.1 Å². The molecule has 1 N–H and O–H groups in total. The van der Waals surface area contributed by atoms with Crippen molar-refractivity contribution < 1.29 is 14.0 Å². The lowest BCUT2D eigenvalue weighted by molar-refractivity contribution is -0.132. The van der Waals surface area contributed by atoms with E-state index in [1.807, 2.05) is 49.4 Å². The van der Waals surface area contributed by atoms with Gasteiger partial charge in [0, 0.05) is 11.5 Å². The predicted octanol–water partition coefficient (Wildman–Crippen LogP) is 4.03. The van der Waals surface area contributed by atoms with E-state index in [2.05, 4.69) is 5.32 Å². The molecule has 1 aliphatic heterocycles. The summed E-state index contributed by atoms with van der Waals surface area (Å²) in [5, 5.41) is 3.73. The first-order chi connectivity index (χ1) is 15.0. The Hall–Kier alpha value is -3.41. The van der Waals surface area contributed by atoms with Gasteiger partial charge in [0.05, 0.1) is 6.54 Å². The third-order valence-electron chi connectivity index (χ3n) is 6.44. The minimum absolute atomic E-state index is 0.0316. The van der Waals surface area contributed by atoms with Crippen LogP contribution in [0.15, 0.2) is 57.7 Å². The highest BCUT2D eigenvalue weighted by Gasteiger charge is 2.51. The number of hydrogen-bond donors (Lipinski definition) is 1. The Morgan fingerprint density at radius 2 is 1.77 bits per heavy atom. The molecule has 31 heavy (non-hydrogen) atoms. The molecule has 3 amide bonds. The van der Waals surface area contributed by atoms with Crippen LogP contribution in [0.25, 0.3) is 11.0 Å². The van der Waals surface area contributed by atoms with Crippen LogP contribution in [0, 0.1) is 0 Å². The molecule has 1 aromatic heterocycles. The zero-order chi connectivity index (χ0) is 21.6. The SMILES string of the molecule is CCC[C@@]1(c2ccccc2)NC(=O)N(Cc2cc(=O)oc3cc4c(cc23)CCC4)C1=O. The van der Waals surface area contributed by atoms with Crippen LogP contribution in [0.4, 0.5) is 4.79 Å². The number of hydrogen-bond acceptors (Lipinski definition) is 4. The molecular weight excluding hydrogens is 392 g/mol. The van der Waals surface area contributed by atoms with Crippen LogP contribution in [-0.2, 0) is 29.7 Å². The van der Waals surface area contributed by atoms with Gasteiger partial charge in [0.25, 0.3) is 5.91 Å². The summed E-state index contributed by atoms with van der Waals surface area (Å²) in [7, 11) is 0. The van der Waals surface area contributed by atoms with Gasteiger partial charge in [-0.1, -0.05) is 43.7 Å². The molecule has 1 aliphatic carbocycles. The Morgan fingerprint density at radius 3 is 2.52 bits per heavy atom. The number of urea groups is 1. The van der Waals surface area contributed by atoms with Crippen molar-refractivity contribution in [3.05, 3.63) is 81.2 Å². The lowest BCUT2D eigenvalue weighted by Gasteiger charge is -2.27. The molecule has 0 bridgehead atoms. The van der Waals surface area contributed by atoms with Crippen molar-refractivity contribution in [2.75, 3.05) is 0 Å². The number of benzene rings is 2. The van der Waals surface area contributed by atoms with Crippen LogP contribution in [0.3, 0.4) is 0 Å². The molecular formula is C25H24N2O4. The van der Waals surface area contributed by atoms with E-state index in [-0.39, 0.29) is 12.5 Å². The summed E-state index contributed by atoms with van der Waals surface area (Å²) in [6.07, 6.45) is 4.28. The molecule has 1 atom stereocenters. The summed E-state index contributed by atoms with van der Waals surface area (Å²) in [4.78, 5) is 40.0. The van der Waals surface area contributed by atoms with Crippen LogP contribution in [0.5, 0.6) is 0 Å². The average Bonchev–Trinajstić information content (AvgIpc) is 3.31. The summed E-state index contributed by atoms with van der Waals surface area (Å²) in [5.74, 6) is -0.284. The summed E-state index contributed by atoms with van der Waals surface area (Å²) in [5.41, 5.74) is 2.80. The first kappa shape index (κ1) is 19.5.